The zero-order valence-corrected chi connectivity index (χ0v) is 9.69. The number of rotatable bonds is 5. The number of ether oxygens (including phenoxy) is 1. The van der Waals surface area contributed by atoms with Crippen molar-refractivity contribution in [2.24, 2.45) is 0 Å². The van der Waals surface area contributed by atoms with Gasteiger partial charge in [0.25, 0.3) is 0 Å². The van der Waals surface area contributed by atoms with Gasteiger partial charge in [-0.15, -0.1) is 0 Å². The van der Waals surface area contributed by atoms with Gasteiger partial charge in [0.15, 0.2) is 12.4 Å². The molecule has 0 aliphatic heterocycles. The molecule has 5 heteroatoms. The molecule has 0 aromatic carbocycles. The van der Waals surface area contributed by atoms with Gasteiger partial charge in [-0.1, -0.05) is 0 Å². The number of Topliss-reactive ketones (excluding diaryl/α,β-unsaturated/α-hetero) is 1. The van der Waals surface area contributed by atoms with E-state index in [1.54, 1.807) is 0 Å². The van der Waals surface area contributed by atoms with Crippen LogP contribution in [0.25, 0.3) is 0 Å². The highest BCUT2D eigenvalue weighted by Gasteiger charge is 2.21. The molecule has 0 aromatic rings. The lowest BCUT2D eigenvalue weighted by atomic mass is 10.2. The zero-order valence-electron chi connectivity index (χ0n) is 9.69. The molecule has 0 aliphatic carbocycles. The minimum absolute atomic E-state index is 0.0155. The summed E-state index contributed by atoms with van der Waals surface area (Å²) in [6.45, 7) is 6.51. The average molecular weight is 217 g/mol. The fourth-order valence-electron chi connectivity index (χ4n) is 1.28. The molecule has 0 rings (SSSR count). The molecule has 0 bridgehead atoms. The minimum Gasteiger partial charge on any atom is -0.441 e. The van der Waals surface area contributed by atoms with Crippen LogP contribution in [0.4, 0.5) is 4.79 Å². The highest BCUT2D eigenvalue weighted by Crippen LogP contribution is 2.07. The molecule has 88 valence electrons. The number of aliphatic hydroxyl groups excluding tert-OH is 1. The molecule has 0 aromatic heterocycles. The molecule has 0 spiro atoms. The van der Waals surface area contributed by atoms with Crippen molar-refractivity contribution in [3.63, 3.8) is 0 Å². The molecule has 15 heavy (non-hydrogen) atoms. The van der Waals surface area contributed by atoms with Gasteiger partial charge in [-0.3, -0.25) is 4.79 Å². The van der Waals surface area contributed by atoms with Crippen molar-refractivity contribution in [3.05, 3.63) is 0 Å². The van der Waals surface area contributed by atoms with E-state index in [0.29, 0.717) is 0 Å². The summed E-state index contributed by atoms with van der Waals surface area (Å²) in [6, 6.07) is 0.0310. The Hall–Kier alpha value is -1.10. The van der Waals surface area contributed by atoms with Crippen LogP contribution in [-0.2, 0) is 9.53 Å². The fraction of sp³-hybridized carbons (Fsp3) is 0.800. The highest BCUT2D eigenvalue weighted by molar-refractivity contribution is 5.82. The van der Waals surface area contributed by atoms with Gasteiger partial charge in [-0.05, 0) is 27.7 Å². The number of amides is 1. The van der Waals surface area contributed by atoms with Crippen molar-refractivity contribution in [1.82, 2.24) is 4.90 Å². The third-order valence-corrected chi connectivity index (χ3v) is 1.86. The van der Waals surface area contributed by atoms with Crippen LogP contribution >= 0.6 is 0 Å². The molecular weight excluding hydrogens is 198 g/mol. The second-order valence-electron chi connectivity index (χ2n) is 3.85. The van der Waals surface area contributed by atoms with Crippen LogP contribution in [0.1, 0.15) is 27.7 Å². The predicted octanol–water partition coefficient (Wildman–Crippen LogP) is 0.803. The van der Waals surface area contributed by atoms with E-state index in [-0.39, 0.29) is 18.7 Å². The van der Waals surface area contributed by atoms with Gasteiger partial charge in [-0.2, -0.15) is 0 Å². The van der Waals surface area contributed by atoms with Crippen LogP contribution in [-0.4, -0.2) is 47.2 Å². The molecule has 5 nitrogen and oxygen atoms in total. The molecule has 0 heterocycles. The number of carbonyl (C=O) groups excluding carboxylic acids is 2. The molecule has 0 atom stereocenters. The Morgan fingerprint density at radius 2 is 1.67 bits per heavy atom. The van der Waals surface area contributed by atoms with Crippen molar-refractivity contribution in [3.8, 4) is 0 Å². The Balaban J connectivity index is 4.22. The fourth-order valence-corrected chi connectivity index (χ4v) is 1.28. The van der Waals surface area contributed by atoms with E-state index in [9.17, 15) is 9.59 Å². The van der Waals surface area contributed by atoms with E-state index in [2.05, 4.69) is 0 Å². The first-order valence-electron chi connectivity index (χ1n) is 4.97. The van der Waals surface area contributed by atoms with Gasteiger partial charge in [0, 0.05) is 12.1 Å². The molecule has 1 N–H and O–H groups in total. The van der Waals surface area contributed by atoms with Crippen LogP contribution in [0.3, 0.4) is 0 Å². The molecule has 0 saturated carbocycles. The molecule has 0 unspecified atom stereocenters. The summed E-state index contributed by atoms with van der Waals surface area (Å²) < 4.78 is 4.76. The molecular formula is C10H19NO4. The summed E-state index contributed by atoms with van der Waals surface area (Å²) in [4.78, 5) is 23.8. The lowest BCUT2D eigenvalue weighted by Gasteiger charge is -2.29. The lowest BCUT2D eigenvalue weighted by Crippen LogP contribution is -2.43. The second-order valence-corrected chi connectivity index (χ2v) is 3.85. The number of carbonyl (C=O) groups is 2. The molecule has 0 radical (unpaired) electrons. The first-order valence-corrected chi connectivity index (χ1v) is 4.97. The summed E-state index contributed by atoms with van der Waals surface area (Å²) in [6.07, 6.45) is -0.526. The van der Waals surface area contributed by atoms with E-state index < -0.39 is 18.5 Å². The number of hydrogen-bond acceptors (Lipinski definition) is 4. The van der Waals surface area contributed by atoms with E-state index in [0.717, 1.165) is 0 Å². The Kier molecular flexibility index (Phi) is 5.93. The van der Waals surface area contributed by atoms with Crippen LogP contribution in [0.15, 0.2) is 0 Å². The van der Waals surface area contributed by atoms with Crippen LogP contribution in [0.2, 0.25) is 0 Å². The maximum atomic E-state index is 11.5. The Bertz CT molecular complexity index is 217. The molecule has 0 aliphatic rings. The number of aliphatic hydroxyl groups is 1. The van der Waals surface area contributed by atoms with Crippen LogP contribution < -0.4 is 0 Å². The van der Waals surface area contributed by atoms with Gasteiger partial charge in [-0.25, -0.2) is 4.79 Å². The first kappa shape index (κ1) is 13.9. The van der Waals surface area contributed by atoms with E-state index >= 15 is 0 Å². The van der Waals surface area contributed by atoms with Gasteiger partial charge < -0.3 is 14.7 Å². The van der Waals surface area contributed by atoms with Gasteiger partial charge in [0.2, 0.25) is 0 Å². The number of nitrogens with zero attached hydrogens (tertiary/aromatic N) is 1. The maximum Gasteiger partial charge on any atom is 0.410 e. The smallest absolute Gasteiger partial charge is 0.410 e. The number of hydrogen-bond donors (Lipinski definition) is 1. The van der Waals surface area contributed by atoms with Gasteiger partial charge in [0.05, 0.1) is 0 Å². The molecule has 0 saturated heterocycles. The zero-order chi connectivity index (χ0) is 12.0. The highest BCUT2D eigenvalue weighted by atomic mass is 16.6. The van der Waals surface area contributed by atoms with E-state index in [4.69, 9.17) is 9.84 Å². The average Bonchev–Trinajstić information content (AvgIpc) is 2.12. The van der Waals surface area contributed by atoms with E-state index in [1.165, 1.54) is 4.90 Å². The van der Waals surface area contributed by atoms with Gasteiger partial charge >= 0.3 is 6.09 Å². The Labute approximate surface area is 90.0 Å². The van der Waals surface area contributed by atoms with Crippen molar-refractivity contribution in [1.29, 1.82) is 0 Å². The second kappa shape index (κ2) is 6.40. The lowest BCUT2D eigenvalue weighted by molar-refractivity contribution is -0.125. The topological polar surface area (TPSA) is 66.8 Å². The monoisotopic (exact) mass is 217 g/mol. The Morgan fingerprint density at radius 3 is 2.00 bits per heavy atom. The third-order valence-electron chi connectivity index (χ3n) is 1.86. The van der Waals surface area contributed by atoms with Crippen molar-refractivity contribution in [2.45, 2.75) is 39.8 Å². The SMILES string of the molecule is CC(C)N(C(=O)OCC(=O)CO)C(C)C. The number of ketones is 1. The summed E-state index contributed by atoms with van der Waals surface area (Å²) in [5, 5.41) is 8.45. The summed E-state index contributed by atoms with van der Waals surface area (Å²) in [5.74, 6) is -0.504. The summed E-state index contributed by atoms with van der Waals surface area (Å²) >= 11 is 0. The van der Waals surface area contributed by atoms with Crippen LogP contribution in [0, 0.1) is 0 Å². The summed E-state index contributed by atoms with van der Waals surface area (Å²) in [5.41, 5.74) is 0. The van der Waals surface area contributed by atoms with Gasteiger partial charge in [0.1, 0.15) is 6.61 Å². The van der Waals surface area contributed by atoms with Crippen molar-refractivity contribution in [2.75, 3.05) is 13.2 Å². The first-order chi connectivity index (χ1) is 6.90. The largest absolute Gasteiger partial charge is 0.441 e. The van der Waals surface area contributed by atoms with Crippen LogP contribution in [0.5, 0.6) is 0 Å². The maximum absolute atomic E-state index is 11.5. The van der Waals surface area contributed by atoms with E-state index in [1.807, 2.05) is 27.7 Å². The minimum atomic E-state index is -0.601. The quantitative estimate of drug-likeness (QED) is 0.739. The molecule has 1 amide bonds. The van der Waals surface area contributed by atoms with Crippen molar-refractivity contribution >= 4 is 11.9 Å². The third kappa shape index (κ3) is 4.78. The van der Waals surface area contributed by atoms with Crippen molar-refractivity contribution < 1.29 is 19.4 Å². The Morgan fingerprint density at radius 1 is 1.20 bits per heavy atom. The molecule has 0 fully saturated rings. The summed E-state index contributed by atoms with van der Waals surface area (Å²) in [7, 11) is 0. The predicted molar refractivity (Wildman–Crippen MR) is 55.6 cm³/mol. The standard InChI is InChI=1S/C10H19NO4/c1-7(2)11(8(3)4)10(14)15-6-9(13)5-12/h7-8,12H,5-6H2,1-4H3. The normalized spacial score (nSPS) is 10.6.